The molecule has 0 amide bonds. The van der Waals surface area contributed by atoms with Crippen LogP contribution in [0.25, 0.3) is 0 Å². The number of hydrogen-bond acceptors (Lipinski definition) is 5. The summed E-state index contributed by atoms with van der Waals surface area (Å²) in [5, 5.41) is 8.63. The Labute approximate surface area is 122 Å². The summed E-state index contributed by atoms with van der Waals surface area (Å²) in [4.78, 5) is -0.00481. The second kappa shape index (κ2) is 5.35. The number of rotatable bonds is 5. The van der Waals surface area contributed by atoms with Crippen LogP contribution in [-0.4, -0.2) is 26.6 Å². The Hall–Kier alpha value is -2.11. The van der Waals surface area contributed by atoms with Crippen molar-refractivity contribution in [1.82, 2.24) is 9.78 Å². The highest BCUT2D eigenvalue weighted by molar-refractivity contribution is 7.92. The third-order valence-corrected chi connectivity index (χ3v) is 4.22. The standard InChI is InChI=1S/C10H13N5O4S2/c1-15-7-10(6-12-15)20(16,17)13-8-3-2-4-9(5-8)14-21(11,18)19/h2-7,13-14H,1H3,(H2,11,18,19). The number of nitrogens with two attached hydrogens (primary N) is 1. The molecule has 0 saturated heterocycles. The molecule has 0 aliphatic rings. The average Bonchev–Trinajstić information content (AvgIpc) is 2.74. The first-order chi connectivity index (χ1) is 9.66. The largest absolute Gasteiger partial charge is 0.296 e. The molecule has 2 aromatic rings. The van der Waals surface area contributed by atoms with Gasteiger partial charge >= 0.3 is 0 Å². The number of nitrogens with zero attached hydrogens (tertiary/aromatic N) is 2. The minimum absolute atomic E-state index is 0.00481. The molecular weight excluding hydrogens is 318 g/mol. The molecule has 2 rings (SSSR count). The van der Waals surface area contributed by atoms with Gasteiger partial charge in [-0.3, -0.25) is 14.1 Å². The Morgan fingerprint density at radius 1 is 1.14 bits per heavy atom. The fourth-order valence-electron chi connectivity index (χ4n) is 1.56. The van der Waals surface area contributed by atoms with Crippen molar-refractivity contribution in [2.45, 2.75) is 4.90 Å². The van der Waals surface area contributed by atoms with Crippen LogP contribution in [0.2, 0.25) is 0 Å². The summed E-state index contributed by atoms with van der Waals surface area (Å²) in [5.74, 6) is 0. The van der Waals surface area contributed by atoms with Gasteiger partial charge in [0.2, 0.25) is 0 Å². The third-order valence-electron chi connectivity index (χ3n) is 2.37. The zero-order valence-corrected chi connectivity index (χ0v) is 12.5. The van der Waals surface area contributed by atoms with Gasteiger partial charge in [-0.15, -0.1) is 0 Å². The summed E-state index contributed by atoms with van der Waals surface area (Å²) >= 11 is 0. The quantitative estimate of drug-likeness (QED) is 0.699. The molecule has 9 nitrogen and oxygen atoms in total. The summed E-state index contributed by atoms with van der Waals surface area (Å²) in [5.41, 5.74) is 0.330. The van der Waals surface area contributed by atoms with Crippen LogP contribution >= 0.6 is 0 Å². The van der Waals surface area contributed by atoms with Crippen molar-refractivity contribution >= 4 is 31.6 Å². The Kier molecular flexibility index (Phi) is 3.89. The maximum absolute atomic E-state index is 12.1. The zero-order chi connectivity index (χ0) is 15.7. The summed E-state index contributed by atoms with van der Waals surface area (Å²) in [6.45, 7) is 0. The van der Waals surface area contributed by atoms with E-state index in [9.17, 15) is 16.8 Å². The molecule has 0 unspecified atom stereocenters. The molecule has 0 spiro atoms. The first kappa shape index (κ1) is 15.3. The van der Waals surface area contributed by atoms with Crippen molar-refractivity contribution in [2.75, 3.05) is 9.44 Å². The van der Waals surface area contributed by atoms with Gasteiger partial charge in [0.25, 0.3) is 20.2 Å². The third kappa shape index (κ3) is 4.18. The van der Waals surface area contributed by atoms with E-state index in [1.807, 2.05) is 4.72 Å². The molecule has 1 aromatic carbocycles. The maximum atomic E-state index is 12.1. The molecule has 11 heteroatoms. The number of anilines is 2. The second-order valence-corrected chi connectivity index (χ2v) is 7.16. The number of hydrogen-bond donors (Lipinski definition) is 3. The van der Waals surface area contributed by atoms with E-state index in [0.29, 0.717) is 0 Å². The van der Waals surface area contributed by atoms with E-state index in [2.05, 4.69) is 9.82 Å². The van der Waals surface area contributed by atoms with Crippen LogP contribution in [0.5, 0.6) is 0 Å². The van der Waals surface area contributed by atoms with Crippen molar-refractivity contribution in [2.24, 2.45) is 12.2 Å². The molecule has 1 heterocycles. The maximum Gasteiger partial charge on any atom is 0.296 e. The average molecular weight is 331 g/mol. The van der Waals surface area contributed by atoms with Gasteiger partial charge < -0.3 is 0 Å². The van der Waals surface area contributed by atoms with Crippen LogP contribution in [0, 0.1) is 0 Å². The monoisotopic (exact) mass is 331 g/mol. The number of aromatic nitrogens is 2. The molecule has 0 atom stereocenters. The first-order valence-electron chi connectivity index (χ1n) is 5.58. The minimum Gasteiger partial charge on any atom is -0.279 e. The second-order valence-electron chi connectivity index (χ2n) is 4.18. The van der Waals surface area contributed by atoms with Crippen molar-refractivity contribution in [3.05, 3.63) is 36.7 Å². The Balaban J connectivity index is 2.26. The summed E-state index contributed by atoms with van der Waals surface area (Å²) in [6.07, 6.45) is 2.55. The molecule has 0 radical (unpaired) electrons. The normalized spacial score (nSPS) is 12.1. The highest BCUT2D eigenvalue weighted by atomic mass is 32.2. The van der Waals surface area contributed by atoms with E-state index in [4.69, 9.17) is 5.14 Å². The first-order valence-corrected chi connectivity index (χ1v) is 8.61. The molecule has 21 heavy (non-hydrogen) atoms. The lowest BCUT2D eigenvalue weighted by molar-refractivity contribution is 0.600. The van der Waals surface area contributed by atoms with Crippen LogP contribution < -0.4 is 14.6 Å². The van der Waals surface area contributed by atoms with Crippen LogP contribution in [0.4, 0.5) is 11.4 Å². The number of aryl methyl sites for hydroxylation is 1. The van der Waals surface area contributed by atoms with Crippen molar-refractivity contribution in [1.29, 1.82) is 0 Å². The summed E-state index contributed by atoms with van der Waals surface area (Å²) < 4.78 is 51.8. The highest BCUT2D eigenvalue weighted by Gasteiger charge is 2.16. The fourth-order valence-corrected chi connectivity index (χ4v) is 3.05. The molecule has 0 bridgehead atoms. The Morgan fingerprint density at radius 3 is 2.29 bits per heavy atom. The van der Waals surface area contributed by atoms with E-state index in [0.717, 1.165) is 0 Å². The van der Waals surface area contributed by atoms with Crippen LogP contribution in [0.3, 0.4) is 0 Å². The number of sulfonamides is 1. The van der Waals surface area contributed by atoms with Crippen molar-refractivity contribution in [3.63, 3.8) is 0 Å². The van der Waals surface area contributed by atoms with Gasteiger partial charge in [0.05, 0.1) is 17.6 Å². The molecule has 114 valence electrons. The SMILES string of the molecule is Cn1cc(S(=O)(=O)Nc2cccc(NS(N)(=O)=O)c2)cn1. The fraction of sp³-hybridized carbons (Fsp3) is 0.100. The van der Waals surface area contributed by atoms with Crippen LogP contribution in [0.1, 0.15) is 0 Å². The van der Waals surface area contributed by atoms with Crippen molar-refractivity contribution < 1.29 is 16.8 Å². The molecule has 0 aliphatic heterocycles. The Bertz CT molecular complexity index is 857. The summed E-state index contributed by atoms with van der Waals surface area (Å²) in [7, 11) is -6.13. The van der Waals surface area contributed by atoms with Gasteiger partial charge in [0.15, 0.2) is 0 Å². The predicted molar refractivity (Wildman–Crippen MR) is 77.2 cm³/mol. The van der Waals surface area contributed by atoms with E-state index in [1.54, 1.807) is 7.05 Å². The van der Waals surface area contributed by atoms with Gasteiger partial charge in [0.1, 0.15) is 4.90 Å². The highest BCUT2D eigenvalue weighted by Crippen LogP contribution is 2.19. The lowest BCUT2D eigenvalue weighted by atomic mass is 10.3. The smallest absolute Gasteiger partial charge is 0.279 e. The van der Waals surface area contributed by atoms with Crippen LogP contribution in [0.15, 0.2) is 41.6 Å². The van der Waals surface area contributed by atoms with Crippen LogP contribution in [-0.2, 0) is 27.3 Å². The topological polar surface area (TPSA) is 136 Å². The van der Waals surface area contributed by atoms with Gasteiger partial charge in [-0.2, -0.15) is 13.5 Å². The predicted octanol–water partition coefficient (Wildman–Crippen LogP) is -0.164. The van der Waals surface area contributed by atoms with Gasteiger partial charge in [-0.25, -0.2) is 13.6 Å². The van der Waals surface area contributed by atoms with E-state index in [1.165, 1.54) is 41.3 Å². The number of nitrogens with one attached hydrogen (secondary N) is 2. The van der Waals surface area contributed by atoms with Gasteiger partial charge in [-0.1, -0.05) is 6.07 Å². The molecule has 1 aromatic heterocycles. The molecule has 4 N–H and O–H groups in total. The van der Waals surface area contributed by atoms with E-state index < -0.39 is 20.2 Å². The van der Waals surface area contributed by atoms with E-state index in [-0.39, 0.29) is 16.3 Å². The summed E-state index contributed by atoms with van der Waals surface area (Å²) in [6, 6.07) is 5.70. The lowest BCUT2D eigenvalue weighted by Gasteiger charge is -2.08. The minimum atomic E-state index is -3.93. The lowest BCUT2D eigenvalue weighted by Crippen LogP contribution is -2.21. The molecule has 0 aliphatic carbocycles. The number of benzene rings is 1. The van der Waals surface area contributed by atoms with Crippen molar-refractivity contribution in [3.8, 4) is 0 Å². The zero-order valence-electron chi connectivity index (χ0n) is 10.9. The van der Waals surface area contributed by atoms with E-state index >= 15 is 0 Å². The van der Waals surface area contributed by atoms with Gasteiger partial charge in [0, 0.05) is 13.2 Å². The van der Waals surface area contributed by atoms with Gasteiger partial charge in [-0.05, 0) is 18.2 Å². The Morgan fingerprint density at radius 2 is 1.76 bits per heavy atom. The molecular formula is C10H13N5O4S2. The molecule has 0 fully saturated rings. The molecule has 0 saturated carbocycles.